The summed E-state index contributed by atoms with van der Waals surface area (Å²) in [4.78, 5) is 10.8. The minimum Gasteiger partial charge on any atom is -0.368 e. The van der Waals surface area contributed by atoms with E-state index < -0.39 is 11.9 Å². The molecule has 4 N–H and O–H groups in total. The molecule has 0 aliphatic heterocycles. The molecule has 0 saturated heterocycles. The predicted molar refractivity (Wildman–Crippen MR) is 62.9 cm³/mol. The Kier molecular flexibility index (Phi) is 5.44. The van der Waals surface area contributed by atoms with Gasteiger partial charge in [0, 0.05) is 15.6 Å². The molecule has 1 unspecified atom stereocenters. The number of halogens is 3. The molecule has 1 amide bonds. The minimum atomic E-state index is -0.957. The van der Waals surface area contributed by atoms with E-state index in [4.69, 9.17) is 34.7 Å². The molecule has 1 aromatic carbocycles. The average Bonchev–Trinajstić information content (AvgIpc) is 2.03. The van der Waals surface area contributed by atoms with Gasteiger partial charge in [0.1, 0.15) is 6.04 Å². The van der Waals surface area contributed by atoms with Gasteiger partial charge in [-0.1, -0.05) is 29.3 Å². The number of benzene rings is 1. The monoisotopic (exact) mass is 298 g/mol. The molecule has 78 valence electrons. The van der Waals surface area contributed by atoms with Crippen LogP contribution in [0, 0.1) is 0 Å². The van der Waals surface area contributed by atoms with Crippen LogP contribution in [0.1, 0.15) is 11.6 Å². The highest BCUT2D eigenvalue weighted by Crippen LogP contribution is 2.28. The maximum Gasteiger partial charge on any atom is 0.239 e. The van der Waals surface area contributed by atoms with Crippen molar-refractivity contribution in [2.45, 2.75) is 6.04 Å². The Hall–Kier alpha value is -0.290. The summed E-state index contributed by atoms with van der Waals surface area (Å²) in [6.07, 6.45) is 0. The maximum atomic E-state index is 10.8. The van der Waals surface area contributed by atoms with Crippen LogP contribution in [0.3, 0.4) is 0 Å². The van der Waals surface area contributed by atoms with E-state index in [1.165, 1.54) is 0 Å². The lowest BCUT2D eigenvalue weighted by Crippen LogP contribution is -2.28. The molecule has 0 aliphatic rings. The summed E-state index contributed by atoms with van der Waals surface area (Å²) in [7, 11) is 0. The first-order valence-corrected chi connectivity index (χ1v) is 4.28. The molecule has 0 aliphatic carbocycles. The lowest BCUT2D eigenvalue weighted by atomic mass is 10.1. The fourth-order valence-corrected chi connectivity index (χ4v) is 1.58. The van der Waals surface area contributed by atoms with Gasteiger partial charge in [-0.2, -0.15) is 0 Å². The van der Waals surface area contributed by atoms with E-state index in [9.17, 15) is 4.79 Å². The van der Waals surface area contributed by atoms with E-state index in [1.54, 1.807) is 18.2 Å². The van der Waals surface area contributed by atoms with E-state index in [0.717, 1.165) is 0 Å². The smallest absolute Gasteiger partial charge is 0.239 e. The highest BCUT2D eigenvalue weighted by molar-refractivity contribution is 8.93. The number of rotatable bonds is 2. The molecule has 1 atom stereocenters. The van der Waals surface area contributed by atoms with Crippen LogP contribution < -0.4 is 11.5 Å². The molecular weight excluding hydrogens is 291 g/mol. The summed E-state index contributed by atoms with van der Waals surface area (Å²) >= 11 is 11.6. The minimum absolute atomic E-state index is 0. The Labute approximate surface area is 102 Å². The molecule has 14 heavy (non-hydrogen) atoms. The third-order valence-electron chi connectivity index (χ3n) is 1.62. The van der Waals surface area contributed by atoms with Crippen molar-refractivity contribution in [3.63, 3.8) is 0 Å². The first-order chi connectivity index (χ1) is 6.04. The average molecular weight is 300 g/mol. The molecule has 1 aromatic rings. The summed E-state index contributed by atoms with van der Waals surface area (Å²) in [5.74, 6) is -0.657. The zero-order chi connectivity index (χ0) is 10.0. The Morgan fingerprint density at radius 1 is 1.29 bits per heavy atom. The number of hydrogen-bond donors (Lipinski definition) is 2. The van der Waals surface area contributed by atoms with Crippen LogP contribution in [0.15, 0.2) is 18.2 Å². The lowest BCUT2D eigenvalue weighted by Gasteiger charge is -2.11. The third-order valence-corrected chi connectivity index (χ3v) is 2.28. The Balaban J connectivity index is 0.00000169. The van der Waals surface area contributed by atoms with E-state index in [-0.39, 0.29) is 17.0 Å². The number of amides is 1. The second kappa shape index (κ2) is 5.56. The standard InChI is InChI=1S/C8H8Cl2N2O.BrH/c9-4-2-1-3-5(10)6(4)7(11)8(12)13;/h1-3,7H,11H2,(H2,12,13);1H. The van der Waals surface area contributed by atoms with Gasteiger partial charge in [0.15, 0.2) is 0 Å². The van der Waals surface area contributed by atoms with Crippen LogP contribution in [-0.4, -0.2) is 5.91 Å². The van der Waals surface area contributed by atoms with Crippen LogP contribution in [0.25, 0.3) is 0 Å². The van der Waals surface area contributed by atoms with Crippen molar-refractivity contribution < 1.29 is 4.79 Å². The van der Waals surface area contributed by atoms with Gasteiger partial charge in [-0.3, -0.25) is 4.79 Å². The normalized spacial score (nSPS) is 11.6. The molecule has 0 bridgehead atoms. The van der Waals surface area contributed by atoms with Crippen molar-refractivity contribution in [2.75, 3.05) is 0 Å². The molecule has 0 fully saturated rings. The second-order valence-corrected chi connectivity index (χ2v) is 3.33. The van der Waals surface area contributed by atoms with Gasteiger partial charge in [0.05, 0.1) is 0 Å². The lowest BCUT2D eigenvalue weighted by molar-refractivity contribution is -0.119. The molecule has 3 nitrogen and oxygen atoms in total. The Morgan fingerprint density at radius 2 is 1.71 bits per heavy atom. The van der Waals surface area contributed by atoms with Crippen molar-refractivity contribution in [2.24, 2.45) is 11.5 Å². The van der Waals surface area contributed by atoms with Gasteiger partial charge in [-0.15, -0.1) is 17.0 Å². The van der Waals surface area contributed by atoms with Crippen LogP contribution in [0.2, 0.25) is 10.0 Å². The van der Waals surface area contributed by atoms with Crippen LogP contribution in [0.4, 0.5) is 0 Å². The van der Waals surface area contributed by atoms with E-state index in [2.05, 4.69) is 0 Å². The van der Waals surface area contributed by atoms with E-state index >= 15 is 0 Å². The zero-order valence-corrected chi connectivity index (χ0v) is 10.3. The highest BCUT2D eigenvalue weighted by Gasteiger charge is 2.18. The first-order valence-electron chi connectivity index (χ1n) is 3.53. The summed E-state index contributed by atoms with van der Waals surface area (Å²) < 4.78 is 0. The molecule has 0 aromatic heterocycles. The van der Waals surface area contributed by atoms with Crippen molar-refractivity contribution >= 4 is 46.1 Å². The first kappa shape index (κ1) is 13.7. The maximum absolute atomic E-state index is 10.8. The van der Waals surface area contributed by atoms with Gasteiger partial charge in [-0.05, 0) is 12.1 Å². The molecule has 0 heterocycles. The highest BCUT2D eigenvalue weighted by atomic mass is 79.9. The third kappa shape index (κ3) is 2.85. The molecule has 0 radical (unpaired) electrons. The molecule has 0 saturated carbocycles. The van der Waals surface area contributed by atoms with Gasteiger partial charge in [-0.25, -0.2) is 0 Å². The number of hydrogen-bond acceptors (Lipinski definition) is 2. The van der Waals surface area contributed by atoms with Crippen LogP contribution >= 0.6 is 40.2 Å². The topological polar surface area (TPSA) is 69.1 Å². The van der Waals surface area contributed by atoms with E-state index in [1.807, 2.05) is 0 Å². The van der Waals surface area contributed by atoms with Crippen molar-refractivity contribution in [3.05, 3.63) is 33.8 Å². The van der Waals surface area contributed by atoms with Gasteiger partial charge >= 0.3 is 0 Å². The fourth-order valence-electron chi connectivity index (χ4n) is 0.950. The molecule has 0 spiro atoms. The van der Waals surface area contributed by atoms with Crippen molar-refractivity contribution in [1.29, 1.82) is 0 Å². The summed E-state index contributed by atoms with van der Waals surface area (Å²) in [5.41, 5.74) is 10.9. The van der Waals surface area contributed by atoms with Gasteiger partial charge in [0.25, 0.3) is 0 Å². The largest absolute Gasteiger partial charge is 0.368 e. The SMILES string of the molecule is Br.NC(=O)C(N)c1c(Cl)cccc1Cl. The summed E-state index contributed by atoms with van der Waals surface area (Å²) in [5, 5.41) is 0.692. The van der Waals surface area contributed by atoms with Crippen molar-refractivity contribution in [3.8, 4) is 0 Å². The Morgan fingerprint density at radius 3 is 2.07 bits per heavy atom. The number of nitrogens with two attached hydrogens (primary N) is 2. The molecule has 6 heteroatoms. The second-order valence-electron chi connectivity index (χ2n) is 2.52. The van der Waals surface area contributed by atoms with Gasteiger partial charge in [0.2, 0.25) is 5.91 Å². The fraction of sp³-hybridized carbons (Fsp3) is 0.125. The quantitative estimate of drug-likeness (QED) is 0.877. The van der Waals surface area contributed by atoms with Crippen LogP contribution in [-0.2, 0) is 4.79 Å². The molecular formula is C8H9BrCl2N2O. The number of carbonyl (C=O) groups excluding carboxylic acids is 1. The summed E-state index contributed by atoms with van der Waals surface area (Å²) in [6.45, 7) is 0. The number of carbonyl (C=O) groups is 1. The Bertz CT molecular complexity index is 326. The summed E-state index contributed by atoms with van der Waals surface area (Å²) in [6, 6.07) is 3.92. The molecule has 1 rings (SSSR count). The van der Waals surface area contributed by atoms with Crippen LogP contribution in [0.5, 0.6) is 0 Å². The van der Waals surface area contributed by atoms with E-state index in [0.29, 0.717) is 15.6 Å². The number of primary amides is 1. The predicted octanol–water partition coefficient (Wildman–Crippen LogP) is 2.06. The van der Waals surface area contributed by atoms with Gasteiger partial charge < -0.3 is 11.5 Å². The van der Waals surface area contributed by atoms with Crippen molar-refractivity contribution in [1.82, 2.24) is 0 Å². The zero-order valence-electron chi connectivity index (χ0n) is 7.04.